The minimum Gasteiger partial charge on any atom is -0.495 e. The van der Waals surface area contributed by atoms with Crippen LogP contribution in [0.3, 0.4) is 0 Å². The van der Waals surface area contributed by atoms with Crippen LogP contribution in [0.25, 0.3) is 0 Å². The lowest BCUT2D eigenvalue weighted by Gasteiger charge is -2.20. The Morgan fingerprint density at radius 1 is 0.941 bits per heavy atom. The Bertz CT molecular complexity index is 1140. The van der Waals surface area contributed by atoms with Gasteiger partial charge in [-0.15, -0.1) is 0 Å². The lowest BCUT2D eigenvalue weighted by molar-refractivity contribution is -0.153. The van der Waals surface area contributed by atoms with Crippen molar-refractivity contribution in [3.05, 3.63) is 95.0 Å². The summed E-state index contributed by atoms with van der Waals surface area (Å²) in [6.45, 7) is 1.46. The van der Waals surface area contributed by atoms with E-state index in [1.807, 2.05) is 36.4 Å². The van der Waals surface area contributed by atoms with Gasteiger partial charge in [0.05, 0.1) is 25.3 Å². The number of anilines is 1. The number of amides is 2. The largest absolute Gasteiger partial charge is 0.495 e. The number of methoxy groups -OCH3 is 1. The van der Waals surface area contributed by atoms with E-state index in [4.69, 9.17) is 21.1 Å². The Labute approximate surface area is 203 Å². The third-order valence-electron chi connectivity index (χ3n) is 5.01. The van der Waals surface area contributed by atoms with E-state index >= 15 is 0 Å². The Kier molecular flexibility index (Phi) is 8.65. The van der Waals surface area contributed by atoms with Crippen molar-refractivity contribution in [3.63, 3.8) is 0 Å². The van der Waals surface area contributed by atoms with Crippen LogP contribution in [0.4, 0.5) is 5.69 Å². The fourth-order valence-corrected chi connectivity index (χ4v) is 3.42. The van der Waals surface area contributed by atoms with Crippen molar-refractivity contribution >= 4 is 35.1 Å². The van der Waals surface area contributed by atoms with Gasteiger partial charge in [-0.25, -0.2) is 0 Å². The Balaban J connectivity index is 1.66. The summed E-state index contributed by atoms with van der Waals surface area (Å²) in [6.07, 6.45) is -1.24. The van der Waals surface area contributed by atoms with Gasteiger partial charge in [0.25, 0.3) is 11.8 Å². The Morgan fingerprint density at radius 3 is 2.24 bits per heavy atom. The zero-order valence-corrected chi connectivity index (χ0v) is 19.5. The van der Waals surface area contributed by atoms with Crippen LogP contribution in [0.5, 0.6) is 5.75 Å². The zero-order chi connectivity index (χ0) is 24.5. The molecule has 0 spiro atoms. The van der Waals surface area contributed by atoms with E-state index < -0.39 is 24.0 Å². The first-order chi connectivity index (χ1) is 16.4. The number of rotatable bonds is 9. The van der Waals surface area contributed by atoms with Gasteiger partial charge in [0.2, 0.25) is 0 Å². The first kappa shape index (κ1) is 24.8. The van der Waals surface area contributed by atoms with Gasteiger partial charge >= 0.3 is 5.97 Å². The van der Waals surface area contributed by atoms with Gasteiger partial charge in [0.15, 0.2) is 6.10 Å². The maximum absolute atomic E-state index is 12.7. The lowest BCUT2D eigenvalue weighted by atomic mass is 10.0. The molecule has 8 heteroatoms. The molecule has 0 heterocycles. The van der Waals surface area contributed by atoms with E-state index in [-0.39, 0.29) is 12.3 Å². The van der Waals surface area contributed by atoms with Crippen molar-refractivity contribution in [3.8, 4) is 5.75 Å². The summed E-state index contributed by atoms with van der Waals surface area (Å²) >= 11 is 6.00. The van der Waals surface area contributed by atoms with Crippen LogP contribution >= 0.6 is 11.6 Å². The first-order valence-electron chi connectivity index (χ1n) is 10.6. The lowest BCUT2D eigenvalue weighted by Crippen LogP contribution is -2.34. The molecule has 0 saturated heterocycles. The first-order valence-corrected chi connectivity index (χ1v) is 11.0. The number of ether oxygens (including phenoxy) is 2. The Morgan fingerprint density at radius 2 is 1.59 bits per heavy atom. The van der Waals surface area contributed by atoms with Crippen molar-refractivity contribution < 1.29 is 23.9 Å². The molecule has 0 fully saturated rings. The fraction of sp³-hybridized carbons (Fsp3) is 0.192. The monoisotopic (exact) mass is 480 g/mol. The fourth-order valence-electron chi connectivity index (χ4n) is 3.25. The molecule has 176 valence electrons. The predicted molar refractivity (Wildman–Crippen MR) is 130 cm³/mol. The molecule has 0 saturated carbocycles. The van der Waals surface area contributed by atoms with Crippen LogP contribution in [0.1, 0.15) is 35.3 Å². The van der Waals surface area contributed by atoms with Gasteiger partial charge in [0.1, 0.15) is 5.75 Å². The number of hydrogen-bond donors (Lipinski definition) is 2. The maximum atomic E-state index is 12.7. The summed E-state index contributed by atoms with van der Waals surface area (Å²) in [5.41, 5.74) is 1.57. The highest BCUT2D eigenvalue weighted by Gasteiger charge is 2.24. The van der Waals surface area contributed by atoms with E-state index in [0.717, 1.165) is 5.56 Å². The minimum atomic E-state index is -1.09. The molecule has 2 atom stereocenters. The number of carbonyl (C=O) groups is 3. The number of esters is 1. The second-order valence-electron chi connectivity index (χ2n) is 7.47. The molecule has 0 bridgehead atoms. The third kappa shape index (κ3) is 6.83. The summed E-state index contributed by atoms with van der Waals surface area (Å²) in [5, 5.41) is 5.94. The summed E-state index contributed by atoms with van der Waals surface area (Å²) in [4.78, 5) is 38.0. The molecule has 2 unspecified atom stereocenters. The molecule has 3 rings (SSSR count). The maximum Gasteiger partial charge on any atom is 0.309 e. The standard InChI is InChI=1S/C26H25ClN2O5/c1-17(25(31)29-22-15-20(27)13-14-23(22)33-2)34-24(30)16-21(18-9-5-3-6-10-18)28-26(32)19-11-7-4-8-12-19/h3-15,17,21H,16H2,1-2H3,(H,28,32)(H,29,31). The molecule has 0 aliphatic carbocycles. The van der Waals surface area contributed by atoms with Crippen molar-refractivity contribution in [2.24, 2.45) is 0 Å². The molecule has 0 aromatic heterocycles. The molecule has 2 amide bonds. The molecule has 3 aromatic rings. The normalized spacial score (nSPS) is 12.2. The minimum absolute atomic E-state index is 0.152. The highest BCUT2D eigenvalue weighted by atomic mass is 35.5. The van der Waals surface area contributed by atoms with Gasteiger partial charge in [0, 0.05) is 10.6 Å². The van der Waals surface area contributed by atoms with Crippen molar-refractivity contribution in [1.29, 1.82) is 0 Å². The number of carbonyl (C=O) groups excluding carboxylic acids is 3. The Hall–Kier alpha value is -3.84. The highest BCUT2D eigenvalue weighted by Crippen LogP contribution is 2.28. The van der Waals surface area contributed by atoms with Crippen molar-refractivity contribution in [2.45, 2.75) is 25.5 Å². The summed E-state index contributed by atoms with van der Waals surface area (Å²) in [7, 11) is 1.47. The molecule has 0 radical (unpaired) electrons. The van der Waals surface area contributed by atoms with Crippen molar-refractivity contribution in [1.82, 2.24) is 5.32 Å². The topological polar surface area (TPSA) is 93.7 Å². The second-order valence-corrected chi connectivity index (χ2v) is 7.91. The average Bonchev–Trinajstić information content (AvgIpc) is 2.84. The van der Waals surface area contributed by atoms with Gasteiger partial charge in [-0.2, -0.15) is 0 Å². The van der Waals surface area contributed by atoms with Crippen LogP contribution in [0.2, 0.25) is 5.02 Å². The number of halogens is 1. The molecule has 34 heavy (non-hydrogen) atoms. The molecule has 0 aliphatic heterocycles. The van der Waals surface area contributed by atoms with Crippen LogP contribution < -0.4 is 15.4 Å². The van der Waals surface area contributed by atoms with Gasteiger partial charge in [-0.1, -0.05) is 60.1 Å². The SMILES string of the molecule is COc1ccc(Cl)cc1NC(=O)C(C)OC(=O)CC(NC(=O)c1ccccc1)c1ccccc1. The van der Waals surface area contributed by atoms with E-state index in [9.17, 15) is 14.4 Å². The van der Waals surface area contributed by atoms with Crippen LogP contribution in [0, 0.1) is 0 Å². The van der Waals surface area contributed by atoms with Crippen LogP contribution in [0.15, 0.2) is 78.9 Å². The van der Waals surface area contributed by atoms with E-state index in [0.29, 0.717) is 22.0 Å². The summed E-state index contributed by atoms with van der Waals surface area (Å²) < 4.78 is 10.6. The predicted octanol–water partition coefficient (Wildman–Crippen LogP) is 4.78. The second kappa shape index (κ2) is 11.9. The smallest absolute Gasteiger partial charge is 0.309 e. The van der Waals surface area contributed by atoms with Crippen LogP contribution in [-0.2, 0) is 14.3 Å². The number of benzene rings is 3. The average molecular weight is 481 g/mol. The van der Waals surface area contributed by atoms with Gasteiger partial charge in [-0.3, -0.25) is 14.4 Å². The molecular weight excluding hydrogens is 456 g/mol. The molecular formula is C26H25ClN2O5. The number of hydrogen-bond acceptors (Lipinski definition) is 5. The molecule has 2 N–H and O–H groups in total. The molecule has 3 aromatic carbocycles. The quantitative estimate of drug-likeness (QED) is 0.430. The van der Waals surface area contributed by atoms with E-state index in [1.165, 1.54) is 20.1 Å². The van der Waals surface area contributed by atoms with Crippen LogP contribution in [-0.4, -0.2) is 31.0 Å². The van der Waals surface area contributed by atoms with Gasteiger partial charge in [-0.05, 0) is 42.8 Å². The van der Waals surface area contributed by atoms with E-state index in [2.05, 4.69) is 10.6 Å². The number of nitrogens with one attached hydrogen (secondary N) is 2. The molecule has 0 aliphatic rings. The van der Waals surface area contributed by atoms with Gasteiger partial charge < -0.3 is 20.1 Å². The summed E-state index contributed by atoms with van der Waals surface area (Å²) in [5.74, 6) is -1.08. The van der Waals surface area contributed by atoms with E-state index in [1.54, 1.807) is 36.4 Å². The molecule has 7 nitrogen and oxygen atoms in total. The van der Waals surface area contributed by atoms with Crippen molar-refractivity contribution in [2.75, 3.05) is 12.4 Å². The third-order valence-corrected chi connectivity index (χ3v) is 5.25. The zero-order valence-electron chi connectivity index (χ0n) is 18.8. The highest BCUT2D eigenvalue weighted by molar-refractivity contribution is 6.31. The summed E-state index contributed by atoms with van der Waals surface area (Å²) in [6, 6.07) is 22.0.